The van der Waals surface area contributed by atoms with Crippen molar-refractivity contribution in [3.05, 3.63) is 59.7 Å². The van der Waals surface area contributed by atoms with Gasteiger partial charge in [0.2, 0.25) is 0 Å². The zero-order valence-corrected chi connectivity index (χ0v) is 20.8. The zero-order valence-electron chi connectivity index (χ0n) is 20.8. The molecule has 0 bridgehead atoms. The molecule has 1 aliphatic rings. The van der Waals surface area contributed by atoms with Crippen LogP contribution in [0, 0.1) is 5.92 Å². The highest BCUT2D eigenvalue weighted by molar-refractivity contribution is 5.84. The average molecular weight is 454 g/mol. The summed E-state index contributed by atoms with van der Waals surface area (Å²) in [5, 5.41) is 0. The third-order valence-corrected chi connectivity index (χ3v) is 7.34. The number of esters is 1. The lowest BCUT2D eigenvalue weighted by Crippen LogP contribution is -2.43. The molecule has 0 N–H and O–H groups in total. The molecule has 1 aliphatic heterocycles. The molecule has 0 amide bonds. The van der Waals surface area contributed by atoms with Crippen molar-refractivity contribution in [3.63, 3.8) is 0 Å². The van der Waals surface area contributed by atoms with Gasteiger partial charge in [0.1, 0.15) is 0 Å². The quantitative estimate of drug-likeness (QED) is 0.449. The minimum Gasteiger partial charge on any atom is -0.493 e. The van der Waals surface area contributed by atoms with Gasteiger partial charge in [0.15, 0.2) is 11.5 Å². The Morgan fingerprint density at radius 1 is 1.00 bits per heavy atom. The molecule has 3 rings (SSSR count). The zero-order chi connectivity index (χ0) is 23.8. The van der Waals surface area contributed by atoms with Crippen molar-refractivity contribution in [2.75, 3.05) is 41.0 Å². The topological polar surface area (TPSA) is 48.0 Å². The predicted molar refractivity (Wildman–Crippen MR) is 132 cm³/mol. The molecule has 5 heteroatoms. The van der Waals surface area contributed by atoms with E-state index in [9.17, 15) is 4.79 Å². The van der Waals surface area contributed by atoms with Gasteiger partial charge in [-0.1, -0.05) is 50.2 Å². The summed E-state index contributed by atoms with van der Waals surface area (Å²) >= 11 is 0. The Labute approximate surface area is 199 Å². The Hall–Kier alpha value is -2.53. The Morgan fingerprint density at radius 3 is 2.24 bits per heavy atom. The fourth-order valence-electron chi connectivity index (χ4n) is 5.31. The Balaban J connectivity index is 1.70. The number of carbonyl (C=O) groups is 1. The number of ether oxygens (including phenoxy) is 3. The summed E-state index contributed by atoms with van der Waals surface area (Å²) in [4.78, 5) is 15.7. The number of piperidine rings is 1. The number of hydrogen-bond acceptors (Lipinski definition) is 5. The van der Waals surface area contributed by atoms with Gasteiger partial charge in [-0.3, -0.25) is 4.79 Å². The second kappa shape index (κ2) is 11.6. The lowest BCUT2D eigenvalue weighted by molar-refractivity contribution is -0.150. The molecular weight excluding hydrogens is 414 g/mol. The van der Waals surface area contributed by atoms with Crippen LogP contribution in [0.3, 0.4) is 0 Å². The van der Waals surface area contributed by atoms with E-state index in [0.29, 0.717) is 17.4 Å². The third kappa shape index (κ3) is 5.52. The summed E-state index contributed by atoms with van der Waals surface area (Å²) in [5.41, 5.74) is 1.65. The van der Waals surface area contributed by atoms with Gasteiger partial charge in [-0.2, -0.15) is 0 Å². The summed E-state index contributed by atoms with van der Waals surface area (Å²) in [6, 6.07) is 16.6. The number of hydrogen-bond donors (Lipinski definition) is 0. The molecule has 2 aromatic carbocycles. The van der Waals surface area contributed by atoms with E-state index in [0.717, 1.165) is 38.0 Å². The molecule has 1 unspecified atom stereocenters. The second-order valence-electron chi connectivity index (χ2n) is 9.32. The molecule has 0 aliphatic carbocycles. The normalized spacial score (nSPS) is 16.9. The van der Waals surface area contributed by atoms with Crippen LogP contribution in [-0.2, 0) is 14.9 Å². The summed E-state index contributed by atoms with van der Waals surface area (Å²) in [6.07, 6.45) is 4.03. The van der Waals surface area contributed by atoms with Gasteiger partial charge >= 0.3 is 5.97 Å². The largest absolute Gasteiger partial charge is 0.493 e. The van der Waals surface area contributed by atoms with Crippen LogP contribution in [0.15, 0.2) is 48.5 Å². The predicted octanol–water partition coefficient (Wildman–Crippen LogP) is 5.43. The van der Waals surface area contributed by atoms with Crippen molar-refractivity contribution in [3.8, 4) is 11.5 Å². The smallest absolute Gasteiger partial charge is 0.316 e. The van der Waals surface area contributed by atoms with Crippen LogP contribution in [-0.4, -0.2) is 51.8 Å². The number of methoxy groups -OCH3 is 3. The average Bonchev–Trinajstić information content (AvgIpc) is 2.86. The van der Waals surface area contributed by atoms with Crippen LogP contribution in [0.5, 0.6) is 11.5 Å². The summed E-state index contributed by atoms with van der Waals surface area (Å²) in [5.74, 6) is 1.83. The van der Waals surface area contributed by atoms with E-state index >= 15 is 0 Å². The van der Waals surface area contributed by atoms with E-state index in [1.54, 1.807) is 14.2 Å². The van der Waals surface area contributed by atoms with E-state index in [1.807, 2.05) is 18.2 Å². The highest BCUT2D eigenvalue weighted by atomic mass is 16.5. The summed E-state index contributed by atoms with van der Waals surface area (Å²) in [7, 11) is 4.72. The Bertz CT molecular complexity index is 890. The van der Waals surface area contributed by atoms with Gasteiger partial charge in [0.25, 0.3) is 0 Å². The van der Waals surface area contributed by atoms with E-state index in [4.69, 9.17) is 14.2 Å². The van der Waals surface area contributed by atoms with Crippen LogP contribution in [0.25, 0.3) is 0 Å². The van der Waals surface area contributed by atoms with Gasteiger partial charge in [-0.15, -0.1) is 0 Å². The fourth-order valence-corrected chi connectivity index (χ4v) is 5.31. The molecule has 0 aromatic heterocycles. The molecule has 5 nitrogen and oxygen atoms in total. The maximum atomic E-state index is 13.2. The number of rotatable bonds is 10. The Kier molecular flexibility index (Phi) is 8.79. The number of benzene rings is 2. The first-order chi connectivity index (χ1) is 16.0. The van der Waals surface area contributed by atoms with Crippen LogP contribution in [0.4, 0.5) is 0 Å². The molecule has 1 atom stereocenters. The summed E-state index contributed by atoms with van der Waals surface area (Å²) in [6.45, 7) is 7.38. The van der Waals surface area contributed by atoms with Crippen molar-refractivity contribution in [1.82, 2.24) is 4.90 Å². The molecule has 0 saturated carbocycles. The van der Waals surface area contributed by atoms with Crippen LogP contribution in [0.2, 0.25) is 0 Å². The third-order valence-electron chi connectivity index (χ3n) is 7.34. The van der Waals surface area contributed by atoms with Crippen molar-refractivity contribution in [1.29, 1.82) is 0 Å². The summed E-state index contributed by atoms with van der Waals surface area (Å²) < 4.78 is 16.3. The fraction of sp³-hybridized carbons (Fsp3) is 0.536. The lowest BCUT2D eigenvalue weighted by atomic mass is 9.68. The minimum absolute atomic E-state index is 0.0758. The molecule has 1 saturated heterocycles. The van der Waals surface area contributed by atoms with Gasteiger partial charge in [0, 0.05) is 0 Å². The standard InChI is InChI=1S/C28H39NO4/c1-21(2)28(27(30)33-5,24-12-13-25(31-3)26(20-24)32-4)16-9-17-29-18-14-23(15-19-29)22-10-7-6-8-11-22/h6-8,10-13,20-21,23H,9,14-19H2,1-5H3. The van der Waals surface area contributed by atoms with E-state index in [1.165, 1.54) is 25.5 Å². The van der Waals surface area contributed by atoms with E-state index in [-0.39, 0.29) is 11.9 Å². The van der Waals surface area contributed by atoms with Crippen molar-refractivity contribution in [2.45, 2.75) is 50.9 Å². The molecule has 33 heavy (non-hydrogen) atoms. The van der Waals surface area contributed by atoms with Crippen molar-refractivity contribution >= 4 is 5.97 Å². The molecule has 0 radical (unpaired) electrons. The molecule has 0 spiro atoms. The Morgan fingerprint density at radius 2 is 1.67 bits per heavy atom. The molecule has 2 aromatic rings. The van der Waals surface area contributed by atoms with Gasteiger partial charge in [-0.25, -0.2) is 0 Å². The number of carbonyl (C=O) groups excluding carboxylic acids is 1. The van der Waals surface area contributed by atoms with Crippen LogP contribution >= 0.6 is 0 Å². The first-order valence-corrected chi connectivity index (χ1v) is 12.0. The van der Waals surface area contributed by atoms with Crippen LogP contribution < -0.4 is 9.47 Å². The van der Waals surface area contributed by atoms with Gasteiger partial charge < -0.3 is 19.1 Å². The molecule has 1 heterocycles. The van der Waals surface area contributed by atoms with Gasteiger partial charge in [-0.05, 0) is 80.4 Å². The monoisotopic (exact) mass is 453 g/mol. The lowest BCUT2D eigenvalue weighted by Gasteiger charge is -2.37. The van der Waals surface area contributed by atoms with Crippen LogP contribution in [0.1, 0.15) is 56.6 Å². The molecular formula is C28H39NO4. The second-order valence-corrected chi connectivity index (χ2v) is 9.32. The highest BCUT2D eigenvalue weighted by Crippen LogP contribution is 2.42. The van der Waals surface area contributed by atoms with Crippen molar-refractivity contribution in [2.24, 2.45) is 5.92 Å². The SMILES string of the molecule is COC(=O)C(CCCN1CCC(c2ccccc2)CC1)(c1ccc(OC)c(OC)c1)C(C)C. The highest BCUT2D eigenvalue weighted by Gasteiger charge is 2.44. The van der Waals surface area contributed by atoms with E-state index in [2.05, 4.69) is 49.1 Å². The first kappa shape index (κ1) is 25.1. The minimum atomic E-state index is -0.726. The molecule has 1 fully saturated rings. The number of nitrogens with zero attached hydrogens (tertiary/aromatic N) is 1. The molecule has 180 valence electrons. The van der Waals surface area contributed by atoms with Gasteiger partial charge in [0.05, 0.1) is 26.7 Å². The van der Waals surface area contributed by atoms with E-state index < -0.39 is 5.41 Å². The number of likely N-dealkylation sites (tertiary alicyclic amines) is 1. The maximum Gasteiger partial charge on any atom is 0.316 e. The first-order valence-electron chi connectivity index (χ1n) is 12.0. The maximum absolute atomic E-state index is 13.2. The van der Waals surface area contributed by atoms with Crippen molar-refractivity contribution < 1.29 is 19.0 Å².